The molecule has 1 saturated carbocycles. The molecule has 1 unspecified atom stereocenters. The van der Waals surface area contributed by atoms with E-state index in [0.717, 1.165) is 53.9 Å². The molecule has 2 N–H and O–H groups in total. The summed E-state index contributed by atoms with van der Waals surface area (Å²) >= 11 is 7.70. The van der Waals surface area contributed by atoms with Crippen LogP contribution >= 0.6 is 22.9 Å². The van der Waals surface area contributed by atoms with Gasteiger partial charge < -0.3 is 15.5 Å². The summed E-state index contributed by atoms with van der Waals surface area (Å²) in [4.78, 5) is 18.7. The van der Waals surface area contributed by atoms with Crippen molar-refractivity contribution in [1.82, 2.24) is 15.2 Å². The van der Waals surface area contributed by atoms with Gasteiger partial charge in [-0.15, -0.1) is 0 Å². The molecule has 1 atom stereocenters. The van der Waals surface area contributed by atoms with Gasteiger partial charge in [0.1, 0.15) is 6.04 Å². The molecule has 0 bridgehead atoms. The van der Waals surface area contributed by atoms with Gasteiger partial charge in [-0.25, -0.2) is 4.98 Å². The van der Waals surface area contributed by atoms with Gasteiger partial charge >= 0.3 is 0 Å². The Morgan fingerprint density at radius 1 is 1.29 bits per heavy atom. The second kappa shape index (κ2) is 8.64. The fraction of sp³-hybridized carbons (Fsp3) is 0.550. The van der Waals surface area contributed by atoms with Crippen LogP contribution in [0.15, 0.2) is 18.2 Å². The van der Waals surface area contributed by atoms with Crippen LogP contribution in [-0.2, 0) is 4.79 Å². The number of benzene rings is 1. The molecule has 28 heavy (non-hydrogen) atoms. The van der Waals surface area contributed by atoms with Crippen molar-refractivity contribution in [3.05, 3.63) is 23.2 Å². The summed E-state index contributed by atoms with van der Waals surface area (Å²) in [5.41, 5.74) is 0.937. The number of nitrogens with zero attached hydrogens (tertiary/aromatic N) is 3. The molecule has 0 radical (unpaired) electrons. The highest BCUT2D eigenvalue weighted by molar-refractivity contribution is 7.22. The predicted molar refractivity (Wildman–Crippen MR) is 113 cm³/mol. The fourth-order valence-electron chi connectivity index (χ4n) is 4.11. The minimum absolute atomic E-state index is 0.0532. The molecule has 1 aromatic carbocycles. The highest BCUT2D eigenvalue weighted by Gasteiger charge is 2.29. The Morgan fingerprint density at radius 2 is 2.07 bits per heavy atom. The summed E-state index contributed by atoms with van der Waals surface area (Å²) in [7, 11) is 0. The van der Waals surface area contributed by atoms with Gasteiger partial charge in [0.15, 0.2) is 5.13 Å². The molecule has 2 fully saturated rings. The predicted octanol–water partition coefficient (Wildman–Crippen LogP) is 3.78. The van der Waals surface area contributed by atoms with Gasteiger partial charge in [-0.3, -0.25) is 4.79 Å². The number of carbonyl (C=O) groups excluding carboxylic acids is 1. The monoisotopic (exact) mass is 417 g/mol. The Labute approximate surface area is 173 Å². The normalized spacial score (nSPS) is 25.0. The number of thiazole rings is 1. The van der Waals surface area contributed by atoms with Crippen molar-refractivity contribution < 1.29 is 4.79 Å². The number of hydrogen-bond donors (Lipinski definition) is 2. The minimum atomic E-state index is -0.238. The van der Waals surface area contributed by atoms with Crippen LogP contribution in [-0.4, -0.2) is 47.0 Å². The first-order chi connectivity index (χ1) is 13.6. The number of carbonyl (C=O) groups is 1. The maximum absolute atomic E-state index is 12.4. The van der Waals surface area contributed by atoms with Crippen LogP contribution in [0.5, 0.6) is 0 Å². The van der Waals surface area contributed by atoms with Crippen molar-refractivity contribution in [1.29, 1.82) is 5.26 Å². The number of anilines is 1. The molecule has 4 rings (SSSR count). The number of fused-ring (bicyclic) bond motifs is 1. The van der Waals surface area contributed by atoms with Gasteiger partial charge in [0, 0.05) is 23.7 Å². The third-order valence-electron chi connectivity index (χ3n) is 5.67. The molecular weight excluding hydrogens is 394 g/mol. The topological polar surface area (TPSA) is 81.0 Å². The standard InChI is InChI=1S/C20H24ClN5OS/c21-13-3-8-18-17(10-13)25-20(28-18)24-15-6-4-14(5-7-15)23-12-19(27)26-9-1-2-16(26)11-22/h3,8,10,14-16,23H,1-2,4-7,9,12H2,(H,24,25). The second-order valence-corrected chi connectivity index (χ2v) is 9.05. The lowest BCUT2D eigenvalue weighted by Crippen LogP contribution is -2.45. The molecule has 2 aromatic rings. The van der Waals surface area contributed by atoms with E-state index < -0.39 is 0 Å². The van der Waals surface area contributed by atoms with Crippen molar-refractivity contribution in [2.45, 2.75) is 56.7 Å². The molecule has 0 spiro atoms. The average Bonchev–Trinajstić information content (AvgIpc) is 3.33. The Morgan fingerprint density at radius 3 is 2.86 bits per heavy atom. The summed E-state index contributed by atoms with van der Waals surface area (Å²) in [6, 6.07) is 8.56. The van der Waals surface area contributed by atoms with Crippen LogP contribution in [0.1, 0.15) is 38.5 Å². The second-order valence-electron chi connectivity index (χ2n) is 7.58. The summed E-state index contributed by atoms with van der Waals surface area (Å²) < 4.78 is 1.14. The molecule has 148 valence electrons. The number of rotatable bonds is 5. The Balaban J connectivity index is 1.23. The number of aromatic nitrogens is 1. The summed E-state index contributed by atoms with van der Waals surface area (Å²) in [5, 5.41) is 17.7. The lowest BCUT2D eigenvalue weighted by atomic mass is 9.91. The number of nitriles is 1. The maximum atomic E-state index is 12.4. The summed E-state index contributed by atoms with van der Waals surface area (Å²) in [6.45, 7) is 1.04. The molecular formula is C20H24ClN5OS. The first-order valence-electron chi connectivity index (χ1n) is 9.87. The van der Waals surface area contributed by atoms with E-state index in [9.17, 15) is 4.79 Å². The van der Waals surface area contributed by atoms with Crippen molar-refractivity contribution in [2.75, 3.05) is 18.4 Å². The Bertz CT molecular complexity index is 886. The molecule has 6 nitrogen and oxygen atoms in total. The van der Waals surface area contributed by atoms with Crippen molar-refractivity contribution >= 4 is 44.2 Å². The van der Waals surface area contributed by atoms with Gasteiger partial charge in [0.2, 0.25) is 5.91 Å². The van der Waals surface area contributed by atoms with Gasteiger partial charge in [-0.1, -0.05) is 22.9 Å². The van der Waals surface area contributed by atoms with Crippen LogP contribution in [0.3, 0.4) is 0 Å². The summed E-state index contributed by atoms with van der Waals surface area (Å²) in [5.74, 6) is 0.0532. The lowest BCUT2D eigenvalue weighted by Gasteiger charge is -2.30. The van der Waals surface area contributed by atoms with Gasteiger partial charge in [0.05, 0.1) is 22.8 Å². The minimum Gasteiger partial charge on any atom is -0.359 e. The molecule has 1 amide bonds. The molecule has 1 aromatic heterocycles. The molecule has 2 aliphatic rings. The largest absolute Gasteiger partial charge is 0.359 e. The number of nitrogens with one attached hydrogen (secondary N) is 2. The van der Waals surface area contributed by atoms with Crippen LogP contribution < -0.4 is 10.6 Å². The van der Waals surface area contributed by atoms with Crippen molar-refractivity contribution in [3.8, 4) is 6.07 Å². The highest BCUT2D eigenvalue weighted by atomic mass is 35.5. The first kappa shape index (κ1) is 19.4. The van der Waals surface area contributed by atoms with E-state index in [0.29, 0.717) is 30.2 Å². The number of hydrogen-bond acceptors (Lipinski definition) is 6. The third-order valence-corrected chi connectivity index (χ3v) is 6.87. The smallest absolute Gasteiger partial charge is 0.237 e. The molecule has 2 heterocycles. The van der Waals surface area contributed by atoms with E-state index in [1.165, 1.54) is 0 Å². The van der Waals surface area contributed by atoms with E-state index in [1.54, 1.807) is 16.2 Å². The van der Waals surface area contributed by atoms with Crippen LogP contribution in [0.25, 0.3) is 10.2 Å². The molecule has 1 saturated heterocycles. The maximum Gasteiger partial charge on any atom is 0.237 e. The zero-order valence-corrected chi connectivity index (χ0v) is 17.2. The zero-order valence-electron chi connectivity index (χ0n) is 15.7. The number of halogens is 1. The Hall–Kier alpha value is -1.88. The van der Waals surface area contributed by atoms with Crippen molar-refractivity contribution in [3.63, 3.8) is 0 Å². The van der Waals surface area contributed by atoms with Gasteiger partial charge in [0.25, 0.3) is 0 Å². The van der Waals surface area contributed by atoms with Gasteiger partial charge in [-0.2, -0.15) is 5.26 Å². The van der Waals surface area contributed by atoms with Crippen LogP contribution in [0, 0.1) is 11.3 Å². The molecule has 8 heteroatoms. The van der Waals surface area contributed by atoms with E-state index in [2.05, 4.69) is 21.7 Å². The molecule has 1 aliphatic heterocycles. The summed E-state index contributed by atoms with van der Waals surface area (Å²) in [6.07, 6.45) is 5.89. The highest BCUT2D eigenvalue weighted by Crippen LogP contribution is 2.30. The van der Waals surface area contributed by atoms with E-state index in [1.807, 2.05) is 18.2 Å². The van der Waals surface area contributed by atoms with E-state index >= 15 is 0 Å². The first-order valence-corrected chi connectivity index (χ1v) is 11.1. The van der Waals surface area contributed by atoms with Crippen molar-refractivity contribution in [2.24, 2.45) is 0 Å². The molecule has 1 aliphatic carbocycles. The fourth-order valence-corrected chi connectivity index (χ4v) is 5.20. The number of amides is 1. The van der Waals surface area contributed by atoms with Crippen LogP contribution in [0.2, 0.25) is 5.02 Å². The van der Waals surface area contributed by atoms with E-state index in [-0.39, 0.29) is 11.9 Å². The van der Waals surface area contributed by atoms with Crippen LogP contribution in [0.4, 0.5) is 5.13 Å². The average molecular weight is 418 g/mol. The lowest BCUT2D eigenvalue weighted by molar-refractivity contribution is -0.130. The Kier molecular flexibility index (Phi) is 6.00. The van der Waals surface area contributed by atoms with Gasteiger partial charge in [-0.05, 0) is 56.7 Å². The number of likely N-dealkylation sites (tertiary alicyclic amines) is 1. The SMILES string of the molecule is N#CC1CCCN1C(=O)CNC1CCC(Nc2nc3cc(Cl)ccc3s2)CC1. The van der Waals surface area contributed by atoms with E-state index in [4.69, 9.17) is 16.9 Å². The zero-order chi connectivity index (χ0) is 19.5. The quantitative estimate of drug-likeness (QED) is 0.773. The third kappa shape index (κ3) is 4.40.